The Labute approximate surface area is 163 Å². The average Bonchev–Trinajstić information content (AvgIpc) is 3.18. The Hall–Kier alpha value is -1.65. The molecular formula is C23H34N2O2. The van der Waals surface area contributed by atoms with E-state index < -0.39 is 5.79 Å². The lowest BCUT2D eigenvalue weighted by Crippen LogP contribution is -2.51. The van der Waals surface area contributed by atoms with E-state index in [1.54, 1.807) is 0 Å². The Morgan fingerprint density at radius 2 is 1.67 bits per heavy atom. The molecule has 2 heterocycles. The lowest BCUT2D eigenvalue weighted by Gasteiger charge is -2.46. The first kappa shape index (κ1) is 20.1. The molecule has 2 aromatic rings. The van der Waals surface area contributed by atoms with Crippen LogP contribution in [0.3, 0.4) is 0 Å². The summed E-state index contributed by atoms with van der Waals surface area (Å²) in [5.41, 5.74) is 5.46. The zero-order chi connectivity index (χ0) is 19.5. The summed E-state index contributed by atoms with van der Waals surface area (Å²) >= 11 is 0. The van der Waals surface area contributed by atoms with Crippen molar-refractivity contribution >= 4 is 0 Å². The largest absolute Gasteiger partial charge is 0.349 e. The quantitative estimate of drug-likeness (QED) is 0.689. The standard InChI is InChI=1S/C23H34N2O2/c1-6-22(7-2)15-26-23(27-16-22,8-10-25-11-9-24-17-25)14-21-19(4)12-18(3)13-20(21)5/h9,11-13,17H,6-8,10,14-16H2,1-5H3. The molecule has 1 fully saturated rings. The van der Waals surface area contributed by atoms with Crippen LogP contribution in [0.15, 0.2) is 30.9 Å². The Morgan fingerprint density at radius 1 is 1.04 bits per heavy atom. The van der Waals surface area contributed by atoms with Gasteiger partial charge in [0.2, 0.25) is 0 Å². The predicted molar refractivity (Wildman–Crippen MR) is 109 cm³/mol. The molecule has 3 rings (SSSR count). The van der Waals surface area contributed by atoms with Gasteiger partial charge in [-0.1, -0.05) is 31.5 Å². The number of aromatic nitrogens is 2. The fraction of sp³-hybridized carbons (Fsp3) is 0.609. The maximum Gasteiger partial charge on any atom is 0.174 e. The Morgan fingerprint density at radius 3 is 2.19 bits per heavy atom. The summed E-state index contributed by atoms with van der Waals surface area (Å²) in [7, 11) is 0. The number of benzene rings is 1. The number of aryl methyl sites for hydroxylation is 4. The first-order chi connectivity index (χ1) is 12.9. The third kappa shape index (κ3) is 4.44. The molecular weight excluding hydrogens is 336 g/mol. The smallest absolute Gasteiger partial charge is 0.174 e. The highest BCUT2D eigenvalue weighted by molar-refractivity contribution is 5.38. The highest BCUT2D eigenvalue weighted by Crippen LogP contribution is 2.39. The average molecular weight is 371 g/mol. The van der Waals surface area contributed by atoms with Crippen LogP contribution in [0.2, 0.25) is 0 Å². The number of imidazole rings is 1. The third-order valence-corrected chi connectivity index (χ3v) is 6.38. The van der Waals surface area contributed by atoms with Gasteiger partial charge < -0.3 is 14.0 Å². The highest BCUT2D eigenvalue weighted by Gasteiger charge is 2.43. The van der Waals surface area contributed by atoms with Crippen molar-refractivity contribution in [3.63, 3.8) is 0 Å². The second kappa shape index (κ2) is 8.15. The normalized spacial score (nSPS) is 18.6. The van der Waals surface area contributed by atoms with Crippen LogP contribution in [0.4, 0.5) is 0 Å². The van der Waals surface area contributed by atoms with Gasteiger partial charge in [0.05, 0.1) is 19.5 Å². The van der Waals surface area contributed by atoms with Crippen LogP contribution in [-0.2, 0) is 22.4 Å². The summed E-state index contributed by atoms with van der Waals surface area (Å²) < 4.78 is 15.2. The molecule has 0 bridgehead atoms. The van der Waals surface area contributed by atoms with Crippen LogP contribution >= 0.6 is 0 Å². The van der Waals surface area contributed by atoms with Crippen molar-refractivity contribution in [3.8, 4) is 0 Å². The number of ether oxygens (including phenoxy) is 2. The van der Waals surface area contributed by atoms with Gasteiger partial charge in [0.15, 0.2) is 5.79 Å². The highest BCUT2D eigenvalue weighted by atomic mass is 16.7. The van der Waals surface area contributed by atoms with E-state index in [-0.39, 0.29) is 5.41 Å². The Kier molecular flexibility index (Phi) is 6.07. The molecule has 1 aromatic carbocycles. The minimum Gasteiger partial charge on any atom is -0.349 e. The number of nitrogens with zero attached hydrogens (tertiary/aromatic N) is 2. The first-order valence-electron chi connectivity index (χ1n) is 10.2. The monoisotopic (exact) mass is 370 g/mol. The fourth-order valence-electron chi connectivity index (χ4n) is 4.12. The van der Waals surface area contributed by atoms with Gasteiger partial charge in [-0.2, -0.15) is 0 Å². The van der Waals surface area contributed by atoms with Crippen LogP contribution in [-0.4, -0.2) is 28.6 Å². The second-order valence-corrected chi connectivity index (χ2v) is 8.30. The van der Waals surface area contributed by atoms with Gasteiger partial charge in [0.25, 0.3) is 0 Å². The molecule has 1 aliphatic rings. The van der Waals surface area contributed by atoms with Gasteiger partial charge in [-0.15, -0.1) is 0 Å². The summed E-state index contributed by atoms with van der Waals surface area (Å²) in [6.07, 6.45) is 9.47. The first-order valence-corrected chi connectivity index (χ1v) is 10.2. The SMILES string of the molecule is CCC1(CC)COC(CCn2ccnc2)(Cc2c(C)cc(C)cc2C)OC1. The van der Waals surface area contributed by atoms with E-state index in [0.717, 1.165) is 45.4 Å². The van der Waals surface area contributed by atoms with Crippen molar-refractivity contribution in [3.05, 3.63) is 53.1 Å². The van der Waals surface area contributed by atoms with Crippen molar-refractivity contribution < 1.29 is 9.47 Å². The van der Waals surface area contributed by atoms with Crippen LogP contribution in [0.25, 0.3) is 0 Å². The Bertz CT molecular complexity index is 715. The summed E-state index contributed by atoms with van der Waals surface area (Å²) in [5, 5.41) is 0. The van der Waals surface area contributed by atoms with Crippen molar-refractivity contribution in [2.75, 3.05) is 13.2 Å². The summed E-state index contributed by atoms with van der Waals surface area (Å²) in [5.74, 6) is -0.567. The molecule has 148 valence electrons. The number of rotatable bonds is 7. The zero-order valence-electron chi connectivity index (χ0n) is 17.5. The van der Waals surface area contributed by atoms with Gasteiger partial charge >= 0.3 is 0 Å². The van der Waals surface area contributed by atoms with E-state index in [9.17, 15) is 0 Å². The van der Waals surface area contributed by atoms with Gasteiger partial charge in [0, 0.05) is 37.2 Å². The maximum absolute atomic E-state index is 6.55. The minimum absolute atomic E-state index is 0.149. The summed E-state index contributed by atoms with van der Waals surface area (Å²) in [6, 6.07) is 4.52. The molecule has 4 nitrogen and oxygen atoms in total. The van der Waals surface area contributed by atoms with Crippen LogP contribution in [0.5, 0.6) is 0 Å². The predicted octanol–water partition coefficient (Wildman–Crippen LogP) is 4.99. The van der Waals surface area contributed by atoms with E-state index in [4.69, 9.17) is 9.47 Å². The van der Waals surface area contributed by atoms with Crippen molar-refractivity contribution in [1.29, 1.82) is 0 Å². The summed E-state index contributed by atoms with van der Waals surface area (Å²) in [4.78, 5) is 4.16. The van der Waals surface area contributed by atoms with Gasteiger partial charge in [-0.25, -0.2) is 4.98 Å². The molecule has 0 saturated carbocycles. The number of hydrogen-bond donors (Lipinski definition) is 0. The molecule has 0 unspecified atom stereocenters. The lowest BCUT2D eigenvalue weighted by atomic mass is 9.82. The fourth-order valence-corrected chi connectivity index (χ4v) is 4.12. The molecule has 0 N–H and O–H groups in total. The zero-order valence-corrected chi connectivity index (χ0v) is 17.5. The van der Waals surface area contributed by atoms with Gasteiger partial charge in [-0.05, 0) is 50.3 Å². The van der Waals surface area contributed by atoms with E-state index in [2.05, 4.69) is 56.3 Å². The molecule has 1 aromatic heterocycles. The molecule has 0 aliphatic carbocycles. The van der Waals surface area contributed by atoms with Crippen molar-refractivity contribution in [1.82, 2.24) is 9.55 Å². The molecule has 4 heteroatoms. The van der Waals surface area contributed by atoms with E-state index in [0.29, 0.717) is 0 Å². The topological polar surface area (TPSA) is 36.3 Å². The van der Waals surface area contributed by atoms with E-state index in [1.807, 2.05) is 18.7 Å². The lowest BCUT2D eigenvalue weighted by molar-refractivity contribution is -0.308. The van der Waals surface area contributed by atoms with Gasteiger partial charge in [-0.3, -0.25) is 0 Å². The van der Waals surface area contributed by atoms with Crippen molar-refractivity contribution in [2.45, 2.75) is 72.6 Å². The van der Waals surface area contributed by atoms with Crippen LogP contribution < -0.4 is 0 Å². The number of hydrogen-bond acceptors (Lipinski definition) is 3. The minimum atomic E-state index is -0.567. The molecule has 0 spiro atoms. The van der Waals surface area contributed by atoms with Crippen molar-refractivity contribution in [2.24, 2.45) is 5.41 Å². The third-order valence-electron chi connectivity index (χ3n) is 6.38. The van der Waals surface area contributed by atoms with E-state index >= 15 is 0 Å². The molecule has 27 heavy (non-hydrogen) atoms. The maximum atomic E-state index is 6.55. The molecule has 0 amide bonds. The molecule has 1 saturated heterocycles. The molecule has 0 radical (unpaired) electrons. The van der Waals surface area contributed by atoms with Crippen LogP contribution in [0, 0.1) is 26.2 Å². The van der Waals surface area contributed by atoms with Crippen LogP contribution in [0.1, 0.15) is 55.4 Å². The molecule has 1 aliphatic heterocycles. The molecule has 0 atom stereocenters. The van der Waals surface area contributed by atoms with E-state index in [1.165, 1.54) is 22.3 Å². The van der Waals surface area contributed by atoms with Gasteiger partial charge in [0.1, 0.15) is 0 Å². The Balaban J connectivity index is 1.84. The second-order valence-electron chi connectivity index (χ2n) is 8.30. The summed E-state index contributed by atoms with van der Waals surface area (Å²) in [6.45, 7) is 13.4.